The van der Waals surface area contributed by atoms with Gasteiger partial charge in [-0.05, 0) is 54.6 Å². The predicted molar refractivity (Wildman–Crippen MR) is 100 cm³/mol. The minimum Gasteiger partial charge on any atom is -0.348 e. The molecular formula is C18H16ClF3N2O3S. The SMILES string of the molecule is CNS(=O)(=O)c1cccc(CNC(=O)/C=C/c2cc(C(F)(F)F)ccc2Cl)c1. The Morgan fingerprint density at radius 1 is 1.18 bits per heavy atom. The molecule has 0 aliphatic heterocycles. The van der Waals surface area contributed by atoms with Crippen LogP contribution in [0.1, 0.15) is 16.7 Å². The highest BCUT2D eigenvalue weighted by Gasteiger charge is 2.30. The van der Waals surface area contributed by atoms with Gasteiger partial charge in [-0.2, -0.15) is 13.2 Å². The summed E-state index contributed by atoms with van der Waals surface area (Å²) in [6.07, 6.45) is -2.29. The van der Waals surface area contributed by atoms with Gasteiger partial charge in [0.1, 0.15) is 0 Å². The third-order valence-corrected chi connectivity index (χ3v) is 5.44. The molecule has 2 aromatic carbocycles. The molecule has 2 aromatic rings. The van der Waals surface area contributed by atoms with Crippen LogP contribution in [0.15, 0.2) is 53.4 Å². The number of carbonyl (C=O) groups is 1. The molecule has 0 aliphatic rings. The molecule has 0 saturated carbocycles. The monoisotopic (exact) mass is 432 g/mol. The fourth-order valence-electron chi connectivity index (χ4n) is 2.20. The molecular weight excluding hydrogens is 417 g/mol. The zero-order valence-corrected chi connectivity index (χ0v) is 16.1. The number of rotatable bonds is 6. The lowest BCUT2D eigenvalue weighted by Crippen LogP contribution is -2.21. The Kier molecular flexibility index (Phi) is 6.87. The molecule has 0 aliphatic carbocycles. The number of amides is 1. The zero-order chi connectivity index (χ0) is 20.9. The van der Waals surface area contributed by atoms with Crippen LogP contribution in [0.2, 0.25) is 5.02 Å². The van der Waals surface area contributed by atoms with E-state index in [1.807, 2.05) is 0 Å². The third-order valence-electron chi connectivity index (χ3n) is 3.68. The first-order chi connectivity index (χ1) is 13.0. The highest BCUT2D eigenvalue weighted by Crippen LogP contribution is 2.32. The Morgan fingerprint density at radius 2 is 1.89 bits per heavy atom. The number of carbonyl (C=O) groups excluding carboxylic acids is 1. The highest BCUT2D eigenvalue weighted by atomic mass is 35.5. The lowest BCUT2D eigenvalue weighted by molar-refractivity contribution is -0.137. The van der Waals surface area contributed by atoms with E-state index in [1.54, 1.807) is 6.07 Å². The molecule has 28 heavy (non-hydrogen) atoms. The number of halogens is 4. The van der Waals surface area contributed by atoms with E-state index in [-0.39, 0.29) is 22.0 Å². The smallest absolute Gasteiger partial charge is 0.348 e. The van der Waals surface area contributed by atoms with Gasteiger partial charge in [0.2, 0.25) is 15.9 Å². The number of nitrogens with one attached hydrogen (secondary N) is 2. The van der Waals surface area contributed by atoms with E-state index in [2.05, 4.69) is 10.0 Å². The minimum atomic E-state index is -4.52. The van der Waals surface area contributed by atoms with Crippen molar-refractivity contribution < 1.29 is 26.4 Å². The van der Waals surface area contributed by atoms with Gasteiger partial charge >= 0.3 is 6.18 Å². The summed E-state index contributed by atoms with van der Waals surface area (Å²) < 4.78 is 64.0. The molecule has 0 spiro atoms. The van der Waals surface area contributed by atoms with Gasteiger partial charge in [-0.1, -0.05) is 23.7 Å². The summed E-state index contributed by atoms with van der Waals surface area (Å²) in [5, 5.41) is 2.60. The van der Waals surface area contributed by atoms with E-state index in [4.69, 9.17) is 11.6 Å². The number of benzene rings is 2. The van der Waals surface area contributed by atoms with Crippen molar-refractivity contribution in [3.63, 3.8) is 0 Å². The summed E-state index contributed by atoms with van der Waals surface area (Å²) in [6, 6.07) is 8.78. The maximum atomic E-state index is 12.8. The maximum absolute atomic E-state index is 12.8. The van der Waals surface area contributed by atoms with Gasteiger partial charge in [0.05, 0.1) is 10.5 Å². The van der Waals surface area contributed by atoms with Crippen molar-refractivity contribution in [2.75, 3.05) is 7.05 Å². The van der Waals surface area contributed by atoms with Gasteiger partial charge in [-0.3, -0.25) is 4.79 Å². The number of hydrogen-bond acceptors (Lipinski definition) is 3. The van der Waals surface area contributed by atoms with Gasteiger partial charge < -0.3 is 5.32 Å². The summed E-state index contributed by atoms with van der Waals surface area (Å²) in [6.45, 7) is 0.0343. The van der Waals surface area contributed by atoms with E-state index in [1.165, 1.54) is 31.3 Å². The normalized spacial score (nSPS) is 12.3. The van der Waals surface area contributed by atoms with Gasteiger partial charge in [0, 0.05) is 17.6 Å². The topological polar surface area (TPSA) is 75.3 Å². The molecule has 10 heteroatoms. The van der Waals surface area contributed by atoms with E-state index in [0.717, 1.165) is 24.3 Å². The summed E-state index contributed by atoms with van der Waals surface area (Å²) >= 11 is 5.86. The quantitative estimate of drug-likeness (QED) is 0.685. The summed E-state index contributed by atoms with van der Waals surface area (Å²) in [5.41, 5.74) is -0.288. The number of hydrogen-bond donors (Lipinski definition) is 2. The van der Waals surface area contributed by atoms with Crippen molar-refractivity contribution in [1.82, 2.24) is 10.0 Å². The van der Waals surface area contributed by atoms with Crippen LogP contribution in [0, 0.1) is 0 Å². The van der Waals surface area contributed by atoms with Crippen molar-refractivity contribution in [2.45, 2.75) is 17.6 Å². The highest BCUT2D eigenvalue weighted by molar-refractivity contribution is 7.89. The molecule has 1 amide bonds. The minimum absolute atomic E-state index is 0.0343. The number of alkyl halides is 3. The largest absolute Gasteiger partial charge is 0.416 e. The Labute approximate surface area is 165 Å². The molecule has 0 atom stereocenters. The van der Waals surface area contributed by atoms with Crippen LogP contribution in [-0.4, -0.2) is 21.4 Å². The van der Waals surface area contributed by atoms with Crippen LogP contribution >= 0.6 is 11.6 Å². The molecule has 0 fully saturated rings. The molecule has 150 valence electrons. The van der Waals surface area contributed by atoms with Gasteiger partial charge in [0.15, 0.2) is 0 Å². The van der Waals surface area contributed by atoms with Crippen LogP contribution in [0.5, 0.6) is 0 Å². The molecule has 0 bridgehead atoms. The van der Waals surface area contributed by atoms with Crippen LogP contribution in [0.25, 0.3) is 6.08 Å². The van der Waals surface area contributed by atoms with Crippen molar-refractivity contribution in [3.05, 3.63) is 70.3 Å². The van der Waals surface area contributed by atoms with Gasteiger partial charge in [-0.25, -0.2) is 13.1 Å². The Morgan fingerprint density at radius 3 is 2.54 bits per heavy atom. The van der Waals surface area contributed by atoms with Crippen molar-refractivity contribution in [1.29, 1.82) is 0 Å². The molecule has 0 heterocycles. The average molecular weight is 433 g/mol. The van der Waals surface area contributed by atoms with Crippen LogP contribution in [0.4, 0.5) is 13.2 Å². The third kappa shape index (κ3) is 5.82. The van der Waals surface area contributed by atoms with Crippen LogP contribution in [0.3, 0.4) is 0 Å². The van der Waals surface area contributed by atoms with Crippen molar-refractivity contribution >= 4 is 33.6 Å². The molecule has 0 unspecified atom stereocenters. The first-order valence-corrected chi connectivity index (χ1v) is 9.74. The van der Waals surface area contributed by atoms with Gasteiger partial charge in [0.25, 0.3) is 0 Å². The molecule has 0 saturated heterocycles. The van der Waals surface area contributed by atoms with E-state index in [9.17, 15) is 26.4 Å². The molecule has 5 nitrogen and oxygen atoms in total. The fourth-order valence-corrected chi connectivity index (χ4v) is 3.18. The summed E-state index contributed by atoms with van der Waals surface area (Å²) in [5.74, 6) is -0.574. The van der Waals surface area contributed by atoms with E-state index < -0.39 is 27.7 Å². The summed E-state index contributed by atoms with van der Waals surface area (Å²) in [7, 11) is -2.32. The predicted octanol–water partition coefficient (Wildman–Crippen LogP) is 3.60. The lowest BCUT2D eigenvalue weighted by Gasteiger charge is -2.08. The standard InChI is InChI=1S/C18H16ClF3N2O3S/c1-23-28(26,27)15-4-2-3-12(9-15)11-24-17(25)8-5-13-10-14(18(20,21)22)6-7-16(13)19/h2-10,23H,11H2,1H3,(H,24,25)/b8-5+. The Hall–Kier alpha value is -2.36. The van der Waals surface area contributed by atoms with Crippen molar-refractivity contribution in [2.24, 2.45) is 0 Å². The number of sulfonamides is 1. The average Bonchev–Trinajstić information content (AvgIpc) is 2.65. The van der Waals surface area contributed by atoms with E-state index >= 15 is 0 Å². The van der Waals surface area contributed by atoms with E-state index in [0.29, 0.717) is 5.56 Å². The Bertz CT molecular complexity index is 1010. The van der Waals surface area contributed by atoms with Gasteiger partial charge in [-0.15, -0.1) is 0 Å². The maximum Gasteiger partial charge on any atom is 0.416 e. The molecule has 0 aromatic heterocycles. The van der Waals surface area contributed by atoms with Crippen LogP contribution in [-0.2, 0) is 27.5 Å². The van der Waals surface area contributed by atoms with Crippen LogP contribution < -0.4 is 10.0 Å². The lowest BCUT2D eigenvalue weighted by atomic mass is 10.1. The molecule has 0 radical (unpaired) electrons. The Balaban J connectivity index is 2.07. The second-order valence-corrected chi connectivity index (χ2v) is 7.93. The molecule has 2 rings (SSSR count). The first-order valence-electron chi connectivity index (χ1n) is 7.88. The second kappa shape index (κ2) is 8.76. The molecule has 2 N–H and O–H groups in total. The first kappa shape index (κ1) is 21.9. The second-order valence-electron chi connectivity index (χ2n) is 5.64. The summed E-state index contributed by atoms with van der Waals surface area (Å²) in [4.78, 5) is 12.0. The van der Waals surface area contributed by atoms with Crippen molar-refractivity contribution in [3.8, 4) is 0 Å². The zero-order valence-electron chi connectivity index (χ0n) is 14.5. The fraction of sp³-hybridized carbons (Fsp3) is 0.167.